The molecule has 2 fully saturated rings. The minimum Gasteiger partial charge on any atom is -0.492 e. The van der Waals surface area contributed by atoms with Crippen LogP contribution in [0.5, 0.6) is 5.75 Å². The molecule has 2 heterocycles. The highest BCUT2D eigenvalue weighted by Crippen LogP contribution is 2.35. The molecule has 0 radical (unpaired) electrons. The van der Waals surface area contributed by atoms with E-state index in [1.807, 2.05) is 19.1 Å². The van der Waals surface area contributed by atoms with Gasteiger partial charge in [-0.3, -0.25) is 4.90 Å². The lowest BCUT2D eigenvalue weighted by Gasteiger charge is -2.43. The predicted molar refractivity (Wildman–Crippen MR) is 104 cm³/mol. The first-order chi connectivity index (χ1) is 12.6. The van der Waals surface area contributed by atoms with Crippen molar-refractivity contribution in [2.75, 3.05) is 32.9 Å². The summed E-state index contributed by atoms with van der Waals surface area (Å²) in [6, 6.07) is 14.9. The van der Waals surface area contributed by atoms with E-state index >= 15 is 0 Å². The zero-order chi connectivity index (χ0) is 18.0. The van der Waals surface area contributed by atoms with Crippen molar-refractivity contribution in [2.24, 2.45) is 5.92 Å². The van der Waals surface area contributed by atoms with Crippen molar-refractivity contribution in [1.29, 1.82) is 0 Å². The van der Waals surface area contributed by atoms with E-state index in [1.54, 1.807) is 0 Å². The third-order valence-corrected chi connectivity index (χ3v) is 6.11. The molecule has 1 N–H and O–H groups in total. The van der Waals surface area contributed by atoms with Gasteiger partial charge >= 0.3 is 0 Å². The fourth-order valence-electron chi connectivity index (χ4n) is 4.56. The Labute approximate surface area is 155 Å². The van der Waals surface area contributed by atoms with E-state index in [4.69, 9.17) is 9.47 Å². The van der Waals surface area contributed by atoms with Crippen molar-refractivity contribution < 1.29 is 14.6 Å². The number of hydrogen-bond donors (Lipinski definition) is 1. The van der Waals surface area contributed by atoms with E-state index in [0.29, 0.717) is 25.9 Å². The Morgan fingerprint density at radius 2 is 2.08 bits per heavy atom. The van der Waals surface area contributed by atoms with Gasteiger partial charge in [-0.1, -0.05) is 36.4 Å². The third-order valence-electron chi connectivity index (χ3n) is 6.11. The number of ether oxygens (including phenoxy) is 2. The molecule has 0 aromatic heterocycles. The van der Waals surface area contributed by atoms with Crippen molar-refractivity contribution in [3.05, 3.63) is 42.5 Å². The zero-order valence-electron chi connectivity index (χ0n) is 15.6. The number of hydrogen-bond acceptors (Lipinski definition) is 4. The molecule has 0 aliphatic carbocycles. The summed E-state index contributed by atoms with van der Waals surface area (Å²) in [5.41, 5.74) is -0.623. The predicted octanol–water partition coefficient (Wildman–Crippen LogP) is 3.47. The third kappa shape index (κ3) is 3.59. The second kappa shape index (κ2) is 7.55. The van der Waals surface area contributed by atoms with Crippen LogP contribution in [-0.4, -0.2) is 54.6 Å². The lowest BCUT2D eigenvalue weighted by Crippen LogP contribution is -2.53. The normalized spacial score (nSPS) is 29.9. The molecule has 0 saturated carbocycles. The van der Waals surface area contributed by atoms with Gasteiger partial charge in [-0.05, 0) is 44.2 Å². The van der Waals surface area contributed by atoms with Gasteiger partial charge in [0, 0.05) is 30.5 Å². The highest BCUT2D eigenvalue weighted by Gasteiger charge is 2.43. The van der Waals surface area contributed by atoms with Crippen LogP contribution in [0.2, 0.25) is 0 Å². The fourth-order valence-corrected chi connectivity index (χ4v) is 4.56. The molecule has 4 heteroatoms. The fraction of sp³-hybridized carbons (Fsp3) is 0.545. The monoisotopic (exact) mass is 355 g/mol. The van der Waals surface area contributed by atoms with Crippen LogP contribution in [0.1, 0.15) is 26.2 Å². The number of rotatable bonds is 5. The summed E-state index contributed by atoms with van der Waals surface area (Å²) >= 11 is 0. The van der Waals surface area contributed by atoms with Crippen LogP contribution in [-0.2, 0) is 4.74 Å². The SMILES string of the molecule is C[C@]1(O)CCOC[C@H]1[C@@H]1CCCN1CCOc1cccc2ccccc12. The largest absolute Gasteiger partial charge is 0.492 e. The van der Waals surface area contributed by atoms with Gasteiger partial charge in [-0.25, -0.2) is 0 Å². The Kier molecular flexibility index (Phi) is 5.16. The quantitative estimate of drug-likeness (QED) is 0.892. The Bertz CT molecular complexity index is 740. The van der Waals surface area contributed by atoms with Crippen LogP contribution in [0.4, 0.5) is 0 Å². The van der Waals surface area contributed by atoms with Crippen molar-refractivity contribution in [3.8, 4) is 5.75 Å². The van der Waals surface area contributed by atoms with Crippen LogP contribution in [0.3, 0.4) is 0 Å². The second-order valence-corrected chi connectivity index (χ2v) is 7.86. The van der Waals surface area contributed by atoms with Crippen molar-refractivity contribution >= 4 is 10.8 Å². The van der Waals surface area contributed by atoms with Gasteiger partial charge in [0.25, 0.3) is 0 Å². The number of nitrogens with zero attached hydrogens (tertiary/aromatic N) is 1. The average molecular weight is 355 g/mol. The summed E-state index contributed by atoms with van der Waals surface area (Å²) in [6.45, 7) is 5.94. The van der Waals surface area contributed by atoms with E-state index in [2.05, 4.69) is 35.2 Å². The maximum Gasteiger partial charge on any atom is 0.127 e. The summed E-state index contributed by atoms with van der Waals surface area (Å²) in [5.74, 6) is 1.14. The van der Waals surface area contributed by atoms with Crippen LogP contribution in [0, 0.1) is 5.92 Å². The molecule has 26 heavy (non-hydrogen) atoms. The molecule has 3 atom stereocenters. The Morgan fingerprint density at radius 3 is 2.96 bits per heavy atom. The maximum atomic E-state index is 10.8. The lowest BCUT2D eigenvalue weighted by atomic mass is 9.79. The molecular weight excluding hydrogens is 326 g/mol. The highest BCUT2D eigenvalue weighted by atomic mass is 16.5. The van der Waals surface area contributed by atoms with Gasteiger partial charge in [0.2, 0.25) is 0 Å². The molecule has 2 saturated heterocycles. The van der Waals surface area contributed by atoms with E-state index in [0.717, 1.165) is 37.1 Å². The first-order valence-electron chi connectivity index (χ1n) is 9.80. The van der Waals surface area contributed by atoms with Crippen LogP contribution >= 0.6 is 0 Å². The molecule has 2 aromatic carbocycles. The first-order valence-corrected chi connectivity index (χ1v) is 9.80. The standard InChI is InChI=1S/C22H29NO3/c1-22(24)11-14-25-16-19(22)20-9-5-12-23(20)13-15-26-21-10-4-7-17-6-2-3-8-18(17)21/h2-4,6-8,10,19-20,24H,5,9,11-16H2,1H3/t19-,20-,22-/m0/s1. The van der Waals surface area contributed by atoms with Crippen molar-refractivity contribution in [1.82, 2.24) is 4.90 Å². The van der Waals surface area contributed by atoms with Gasteiger partial charge in [0.05, 0.1) is 12.2 Å². The number of fused-ring (bicyclic) bond motifs is 1. The highest BCUT2D eigenvalue weighted by molar-refractivity contribution is 5.88. The zero-order valence-corrected chi connectivity index (χ0v) is 15.6. The minimum atomic E-state index is -0.623. The van der Waals surface area contributed by atoms with E-state index in [1.165, 1.54) is 11.8 Å². The smallest absolute Gasteiger partial charge is 0.127 e. The van der Waals surface area contributed by atoms with Gasteiger partial charge in [-0.2, -0.15) is 0 Å². The molecule has 4 rings (SSSR count). The Hall–Kier alpha value is -1.62. The maximum absolute atomic E-state index is 10.8. The van der Waals surface area contributed by atoms with E-state index in [-0.39, 0.29) is 5.92 Å². The van der Waals surface area contributed by atoms with Crippen molar-refractivity contribution in [3.63, 3.8) is 0 Å². The molecule has 2 aliphatic heterocycles. The van der Waals surface area contributed by atoms with Gasteiger partial charge in [-0.15, -0.1) is 0 Å². The summed E-state index contributed by atoms with van der Waals surface area (Å²) in [5, 5.41) is 13.2. The number of likely N-dealkylation sites (tertiary alicyclic amines) is 1. The molecule has 0 bridgehead atoms. The second-order valence-electron chi connectivity index (χ2n) is 7.86. The summed E-state index contributed by atoms with van der Waals surface area (Å²) < 4.78 is 11.8. The van der Waals surface area contributed by atoms with E-state index < -0.39 is 5.60 Å². The van der Waals surface area contributed by atoms with Crippen LogP contribution in [0.25, 0.3) is 10.8 Å². The summed E-state index contributed by atoms with van der Waals surface area (Å²) in [7, 11) is 0. The lowest BCUT2D eigenvalue weighted by molar-refractivity contribution is -0.123. The Balaban J connectivity index is 1.39. The molecule has 0 amide bonds. The molecule has 4 nitrogen and oxygen atoms in total. The summed E-state index contributed by atoms with van der Waals surface area (Å²) in [6.07, 6.45) is 3.05. The number of benzene rings is 2. The van der Waals surface area contributed by atoms with Crippen LogP contribution in [0.15, 0.2) is 42.5 Å². The van der Waals surface area contributed by atoms with Crippen LogP contribution < -0.4 is 4.74 Å². The minimum absolute atomic E-state index is 0.191. The van der Waals surface area contributed by atoms with E-state index in [9.17, 15) is 5.11 Å². The van der Waals surface area contributed by atoms with Gasteiger partial charge in [0.1, 0.15) is 12.4 Å². The first kappa shape index (κ1) is 17.8. The molecule has 2 aliphatic rings. The molecule has 0 unspecified atom stereocenters. The average Bonchev–Trinajstić information content (AvgIpc) is 3.10. The molecular formula is C22H29NO3. The molecule has 0 spiro atoms. The van der Waals surface area contributed by atoms with Gasteiger partial charge in [0.15, 0.2) is 0 Å². The van der Waals surface area contributed by atoms with Gasteiger partial charge < -0.3 is 14.6 Å². The Morgan fingerprint density at radius 1 is 1.23 bits per heavy atom. The summed E-state index contributed by atoms with van der Waals surface area (Å²) in [4.78, 5) is 2.49. The molecule has 140 valence electrons. The number of aliphatic hydroxyl groups is 1. The topological polar surface area (TPSA) is 41.9 Å². The molecule has 2 aromatic rings. The van der Waals surface area contributed by atoms with Crippen molar-refractivity contribution in [2.45, 2.75) is 37.8 Å².